The molecule has 1 N–H and O–H groups in total. The number of rotatable bonds is 4. The Bertz CT molecular complexity index is 409. The molecular weight excluding hydrogens is 202 g/mol. The van der Waals surface area contributed by atoms with E-state index in [2.05, 4.69) is 16.4 Å². The smallest absolute Gasteiger partial charge is 0.253 e. The van der Waals surface area contributed by atoms with Gasteiger partial charge in [-0.05, 0) is 25.0 Å². The van der Waals surface area contributed by atoms with Crippen molar-refractivity contribution in [1.29, 1.82) is 5.26 Å². The van der Waals surface area contributed by atoms with E-state index in [9.17, 15) is 4.79 Å². The van der Waals surface area contributed by atoms with Crippen molar-refractivity contribution in [3.63, 3.8) is 0 Å². The molecule has 0 aliphatic heterocycles. The lowest BCUT2D eigenvalue weighted by Crippen LogP contribution is -2.34. The minimum atomic E-state index is -0.168. The molecule has 1 aromatic rings. The van der Waals surface area contributed by atoms with Crippen LogP contribution in [0.2, 0.25) is 0 Å². The first-order valence-electron chi connectivity index (χ1n) is 5.26. The molecule has 0 fully saturated rings. The van der Waals surface area contributed by atoms with E-state index < -0.39 is 0 Å². The van der Waals surface area contributed by atoms with Crippen molar-refractivity contribution in [1.82, 2.24) is 10.3 Å². The number of hydrogen-bond donors (Lipinski definition) is 1. The van der Waals surface area contributed by atoms with E-state index in [4.69, 9.17) is 5.26 Å². The summed E-state index contributed by atoms with van der Waals surface area (Å²) in [6.45, 7) is 3.83. The van der Waals surface area contributed by atoms with Gasteiger partial charge in [0.25, 0.3) is 5.91 Å². The van der Waals surface area contributed by atoms with Crippen LogP contribution in [0.4, 0.5) is 0 Å². The second kappa shape index (κ2) is 5.86. The predicted molar refractivity (Wildman–Crippen MR) is 60.7 cm³/mol. The molecule has 0 aliphatic rings. The summed E-state index contributed by atoms with van der Waals surface area (Å²) in [7, 11) is 0. The lowest BCUT2D eigenvalue weighted by Gasteiger charge is -2.13. The molecule has 1 amide bonds. The first-order valence-corrected chi connectivity index (χ1v) is 5.26. The number of nitriles is 1. The van der Waals surface area contributed by atoms with Crippen molar-refractivity contribution in [2.24, 2.45) is 0 Å². The van der Waals surface area contributed by atoms with Crippen molar-refractivity contribution >= 4 is 5.91 Å². The third-order valence-corrected chi connectivity index (χ3v) is 2.30. The van der Waals surface area contributed by atoms with E-state index in [1.165, 1.54) is 6.20 Å². The van der Waals surface area contributed by atoms with Gasteiger partial charge in [0.2, 0.25) is 0 Å². The van der Waals surface area contributed by atoms with E-state index in [0.717, 1.165) is 12.0 Å². The fraction of sp³-hybridized carbons (Fsp3) is 0.417. The molecule has 0 aromatic carbocycles. The van der Waals surface area contributed by atoms with E-state index in [-0.39, 0.29) is 11.9 Å². The summed E-state index contributed by atoms with van der Waals surface area (Å²) in [5.74, 6) is -0.168. The summed E-state index contributed by atoms with van der Waals surface area (Å²) >= 11 is 0. The molecule has 1 atom stereocenters. The lowest BCUT2D eigenvalue weighted by molar-refractivity contribution is 0.0936. The van der Waals surface area contributed by atoms with Gasteiger partial charge in [-0.3, -0.25) is 9.78 Å². The normalized spacial score (nSPS) is 11.6. The first kappa shape index (κ1) is 12.2. The van der Waals surface area contributed by atoms with Crippen LogP contribution in [0.25, 0.3) is 0 Å². The van der Waals surface area contributed by atoms with E-state index in [0.29, 0.717) is 12.0 Å². The average molecular weight is 217 g/mol. The molecule has 0 aliphatic carbocycles. The fourth-order valence-electron chi connectivity index (χ4n) is 1.36. The molecule has 0 saturated heterocycles. The Balaban J connectivity index is 2.68. The minimum Gasteiger partial charge on any atom is -0.348 e. The Hall–Kier alpha value is -1.89. The van der Waals surface area contributed by atoms with Gasteiger partial charge < -0.3 is 5.32 Å². The number of carbonyl (C=O) groups is 1. The zero-order chi connectivity index (χ0) is 12.0. The van der Waals surface area contributed by atoms with Crippen LogP contribution in [-0.4, -0.2) is 16.9 Å². The monoisotopic (exact) mass is 217 g/mol. The Morgan fingerprint density at radius 3 is 2.94 bits per heavy atom. The van der Waals surface area contributed by atoms with Gasteiger partial charge in [0.05, 0.1) is 18.1 Å². The van der Waals surface area contributed by atoms with Crippen LogP contribution in [0.5, 0.6) is 0 Å². The molecule has 1 rings (SSSR count). The molecule has 0 saturated carbocycles. The number of nitrogens with zero attached hydrogens (tertiary/aromatic N) is 2. The highest BCUT2D eigenvalue weighted by atomic mass is 16.1. The summed E-state index contributed by atoms with van der Waals surface area (Å²) < 4.78 is 0. The van der Waals surface area contributed by atoms with Gasteiger partial charge in [-0.2, -0.15) is 5.26 Å². The standard InChI is InChI=1S/C12H15N3O/c1-3-11(4-5-13)15-12(16)10-6-9(2)7-14-8-10/h6-8,11H,3-4H2,1-2H3,(H,15,16). The number of pyridine rings is 1. The summed E-state index contributed by atoms with van der Waals surface area (Å²) in [5.41, 5.74) is 1.48. The van der Waals surface area contributed by atoms with Crippen LogP contribution in [-0.2, 0) is 0 Å². The highest BCUT2D eigenvalue weighted by Crippen LogP contribution is 2.03. The summed E-state index contributed by atoms with van der Waals surface area (Å²) in [4.78, 5) is 15.7. The van der Waals surface area contributed by atoms with Crippen LogP contribution in [0, 0.1) is 18.3 Å². The van der Waals surface area contributed by atoms with Gasteiger partial charge in [0.1, 0.15) is 0 Å². The van der Waals surface area contributed by atoms with Crippen molar-refractivity contribution in [3.8, 4) is 6.07 Å². The summed E-state index contributed by atoms with van der Waals surface area (Å²) in [6.07, 6.45) is 4.31. The van der Waals surface area contributed by atoms with E-state index in [1.54, 1.807) is 12.3 Å². The molecule has 1 heterocycles. The van der Waals surface area contributed by atoms with E-state index >= 15 is 0 Å². The van der Waals surface area contributed by atoms with Gasteiger partial charge in [0, 0.05) is 18.4 Å². The zero-order valence-electron chi connectivity index (χ0n) is 9.53. The number of nitrogens with one attached hydrogen (secondary N) is 1. The lowest BCUT2D eigenvalue weighted by atomic mass is 10.1. The number of aromatic nitrogens is 1. The Morgan fingerprint density at radius 1 is 1.62 bits per heavy atom. The molecule has 0 radical (unpaired) electrons. The number of amides is 1. The third kappa shape index (κ3) is 3.35. The van der Waals surface area contributed by atoms with Crippen LogP contribution in [0.3, 0.4) is 0 Å². The van der Waals surface area contributed by atoms with Gasteiger partial charge in [-0.15, -0.1) is 0 Å². The van der Waals surface area contributed by atoms with Gasteiger partial charge >= 0.3 is 0 Å². The van der Waals surface area contributed by atoms with Crippen molar-refractivity contribution in [2.75, 3.05) is 0 Å². The Labute approximate surface area is 95.3 Å². The molecule has 1 unspecified atom stereocenters. The fourth-order valence-corrected chi connectivity index (χ4v) is 1.36. The van der Waals surface area contributed by atoms with Gasteiger partial charge in [-0.1, -0.05) is 6.92 Å². The highest BCUT2D eigenvalue weighted by Gasteiger charge is 2.11. The third-order valence-electron chi connectivity index (χ3n) is 2.30. The quantitative estimate of drug-likeness (QED) is 0.836. The molecule has 4 heteroatoms. The summed E-state index contributed by atoms with van der Waals surface area (Å²) in [6, 6.07) is 3.75. The highest BCUT2D eigenvalue weighted by molar-refractivity contribution is 5.94. The average Bonchev–Trinajstić information content (AvgIpc) is 2.28. The minimum absolute atomic E-state index is 0.0852. The second-order valence-electron chi connectivity index (χ2n) is 3.69. The van der Waals surface area contributed by atoms with Crippen LogP contribution < -0.4 is 5.32 Å². The second-order valence-corrected chi connectivity index (χ2v) is 3.69. The number of aryl methyl sites for hydroxylation is 1. The number of hydrogen-bond acceptors (Lipinski definition) is 3. The SMILES string of the molecule is CCC(CC#N)NC(=O)c1cncc(C)c1. The number of carbonyl (C=O) groups excluding carboxylic acids is 1. The van der Waals surface area contributed by atoms with Crippen molar-refractivity contribution in [3.05, 3.63) is 29.6 Å². The van der Waals surface area contributed by atoms with Gasteiger partial charge in [0.15, 0.2) is 0 Å². The van der Waals surface area contributed by atoms with Crippen molar-refractivity contribution < 1.29 is 4.79 Å². The Kier molecular flexibility index (Phi) is 4.46. The van der Waals surface area contributed by atoms with Crippen LogP contribution >= 0.6 is 0 Å². The molecule has 4 nitrogen and oxygen atoms in total. The topological polar surface area (TPSA) is 65.8 Å². The first-order chi connectivity index (χ1) is 7.67. The molecule has 1 aromatic heterocycles. The van der Waals surface area contributed by atoms with Gasteiger partial charge in [-0.25, -0.2) is 0 Å². The van der Waals surface area contributed by atoms with E-state index in [1.807, 2.05) is 13.8 Å². The zero-order valence-corrected chi connectivity index (χ0v) is 9.53. The summed E-state index contributed by atoms with van der Waals surface area (Å²) in [5, 5.41) is 11.4. The predicted octanol–water partition coefficient (Wildman–Crippen LogP) is 1.81. The molecule has 16 heavy (non-hydrogen) atoms. The Morgan fingerprint density at radius 2 is 2.38 bits per heavy atom. The maximum absolute atomic E-state index is 11.8. The van der Waals surface area contributed by atoms with Crippen LogP contribution in [0.15, 0.2) is 18.5 Å². The molecule has 0 bridgehead atoms. The maximum atomic E-state index is 11.8. The maximum Gasteiger partial charge on any atom is 0.253 e. The molecule has 84 valence electrons. The van der Waals surface area contributed by atoms with Crippen LogP contribution in [0.1, 0.15) is 35.7 Å². The van der Waals surface area contributed by atoms with Crippen molar-refractivity contribution in [2.45, 2.75) is 32.7 Å². The largest absolute Gasteiger partial charge is 0.348 e. The molecular formula is C12H15N3O. The molecule has 0 spiro atoms.